The molecule has 0 bridgehead atoms. The Labute approximate surface area is 112 Å². The number of carbonyl (C=O) groups is 2. The number of benzene rings is 1. The Hall–Kier alpha value is -1.84. The van der Waals surface area contributed by atoms with Gasteiger partial charge in [-0.05, 0) is 24.0 Å². The number of imide groups is 1. The smallest absolute Gasteiger partial charge is 0.232 e. The molecule has 3 rings (SSSR count). The van der Waals surface area contributed by atoms with Crippen LogP contribution in [0, 0.1) is 5.92 Å². The molecule has 1 aromatic rings. The van der Waals surface area contributed by atoms with Gasteiger partial charge in [0.25, 0.3) is 0 Å². The number of carbonyl (C=O) groups excluding carboxylic acids is 2. The minimum atomic E-state index is -0.167. The molecule has 2 amide bonds. The minimum Gasteiger partial charge on any atom is -0.385 e. The van der Waals surface area contributed by atoms with E-state index in [4.69, 9.17) is 0 Å². The van der Waals surface area contributed by atoms with Crippen LogP contribution in [0.15, 0.2) is 18.2 Å². The highest BCUT2D eigenvalue weighted by Crippen LogP contribution is 2.29. The number of hydrogen-bond acceptors (Lipinski definition) is 3. The van der Waals surface area contributed by atoms with Crippen molar-refractivity contribution in [2.75, 3.05) is 11.9 Å². The zero-order valence-electron chi connectivity index (χ0n) is 11.1. The van der Waals surface area contributed by atoms with Crippen molar-refractivity contribution < 1.29 is 9.59 Å². The zero-order chi connectivity index (χ0) is 13.4. The molecular weight excluding hydrogens is 240 g/mol. The Kier molecular flexibility index (Phi) is 3.01. The average Bonchev–Trinajstić information content (AvgIpc) is 2.66. The summed E-state index contributed by atoms with van der Waals surface area (Å²) in [6.07, 6.45) is 2.55. The van der Waals surface area contributed by atoms with E-state index in [9.17, 15) is 9.59 Å². The molecule has 2 aliphatic heterocycles. The fraction of sp³-hybridized carbons (Fsp3) is 0.467. The lowest BCUT2D eigenvalue weighted by Crippen LogP contribution is -2.30. The monoisotopic (exact) mass is 258 g/mol. The van der Waals surface area contributed by atoms with E-state index in [0.717, 1.165) is 30.6 Å². The summed E-state index contributed by atoms with van der Waals surface area (Å²) in [5.41, 5.74) is 3.46. The molecule has 1 N–H and O–H groups in total. The van der Waals surface area contributed by atoms with Gasteiger partial charge in [0, 0.05) is 24.6 Å². The van der Waals surface area contributed by atoms with Crippen LogP contribution in [0.3, 0.4) is 0 Å². The van der Waals surface area contributed by atoms with E-state index >= 15 is 0 Å². The van der Waals surface area contributed by atoms with Crippen LogP contribution in [0.5, 0.6) is 0 Å². The fourth-order valence-corrected chi connectivity index (χ4v) is 2.90. The van der Waals surface area contributed by atoms with Gasteiger partial charge in [-0.15, -0.1) is 0 Å². The molecule has 0 aliphatic carbocycles. The van der Waals surface area contributed by atoms with E-state index in [1.54, 1.807) is 0 Å². The van der Waals surface area contributed by atoms with Crippen molar-refractivity contribution in [3.63, 3.8) is 0 Å². The van der Waals surface area contributed by atoms with Gasteiger partial charge < -0.3 is 5.32 Å². The fourth-order valence-electron chi connectivity index (χ4n) is 2.90. The third-order valence-corrected chi connectivity index (χ3v) is 3.96. The van der Waals surface area contributed by atoms with E-state index in [-0.39, 0.29) is 17.7 Å². The van der Waals surface area contributed by atoms with Crippen molar-refractivity contribution in [1.29, 1.82) is 0 Å². The van der Waals surface area contributed by atoms with Crippen LogP contribution < -0.4 is 5.32 Å². The first-order valence-corrected chi connectivity index (χ1v) is 6.85. The van der Waals surface area contributed by atoms with E-state index in [1.165, 1.54) is 10.5 Å². The van der Waals surface area contributed by atoms with Gasteiger partial charge >= 0.3 is 0 Å². The molecule has 1 unspecified atom stereocenters. The molecule has 2 heterocycles. The van der Waals surface area contributed by atoms with Gasteiger partial charge in [0.05, 0.1) is 6.54 Å². The van der Waals surface area contributed by atoms with Gasteiger partial charge in [-0.2, -0.15) is 0 Å². The molecule has 0 radical (unpaired) electrons. The maximum Gasteiger partial charge on any atom is 0.232 e. The molecular formula is C15H18N2O2. The van der Waals surface area contributed by atoms with Crippen molar-refractivity contribution in [2.24, 2.45) is 5.92 Å². The third kappa shape index (κ3) is 2.11. The van der Waals surface area contributed by atoms with Gasteiger partial charge in [0.1, 0.15) is 0 Å². The summed E-state index contributed by atoms with van der Waals surface area (Å²) in [7, 11) is 0. The lowest BCUT2D eigenvalue weighted by atomic mass is 9.99. The Balaban J connectivity index is 1.88. The molecule has 1 atom stereocenters. The first kappa shape index (κ1) is 12.2. The van der Waals surface area contributed by atoms with Crippen LogP contribution >= 0.6 is 0 Å². The highest BCUT2D eigenvalue weighted by atomic mass is 16.2. The van der Waals surface area contributed by atoms with E-state index in [1.807, 2.05) is 19.1 Å². The second-order valence-electron chi connectivity index (χ2n) is 5.40. The molecule has 4 nitrogen and oxygen atoms in total. The topological polar surface area (TPSA) is 49.4 Å². The van der Waals surface area contributed by atoms with Crippen LogP contribution in [0.4, 0.5) is 5.69 Å². The number of para-hydroxylation sites is 1. The van der Waals surface area contributed by atoms with Gasteiger partial charge in [-0.1, -0.05) is 25.1 Å². The summed E-state index contributed by atoms with van der Waals surface area (Å²) in [6, 6.07) is 6.12. The SMILES string of the molecule is CC1CC(=O)N(Cc2cccc3c2NCCC3)C1=O. The lowest BCUT2D eigenvalue weighted by molar-refractivity contribution is -0.139. The number of aryl methyl sites for hydroxylation is 1. The van der Waals surface area contributed by atoms with Crippen molar-refractivity contribution in [3.8, 4) is 0 Å². The highest BCUT2D eigenvalue weighted by Gasteiger charge is 2.35. The molecule has 0 saturated carbocycles. The standard InChI is InChI=1S/C15H18N2O2/c1-10-8-13(18)17(15(10)19)9-12-5-2-4-11-6-3-7-16-14(11)12/h2,4-5,10,16H,3,6-9H2,1H3. The largest absolute Gasteiger partial charge is 0.385 e. The quantitative estimate of drug-likeness (QED) is 0.825. The Morgan fingerprint density at radius 3 is 2.95 bits per heavy atom. The summed E-state index contributed by atoms with van der Waals surface area (Å²) >= 11 is 0. The van der Waals surface area contributed by atoms with E-state index < -0.39 is 0 Å². The number of amides is 2. The summed E-state index contributed by atoms with van der Waals surface area (Å²) in [6.45, 7) is 3.18. The first-order chi connectivity index (χ1) is 9.16. The number of fused-ring (bicyclic) bond motifs is 1. The molecule has 1 aromatic carbocycles. The van der Waals surface area contributed by atoms with Crippen LogP contribution in [-0.4, -0.2) is 23.3 Å². The van der Waals surface area contributed by atoms with Gasteiger partial charge in [-0.25, -0.2) is 0 Å². The Morgan fingerprint density at radius 2 is 2.21 bits per heavy atom. The molecule has 100 valence electrons. The summed E-state index contributed by atoms with van der Waals surface area (Å²) in [5.74, 6) is -0.260. The number of likely N-dealkylation sites (tertiary alicyclic amines) is 1. The summed E-state index contributed by atoms with van der Waals surface area (Å²) in [4.78, 5) is 25.2. The number of hydrogen-bond donors (Lipinski definition) is 1. The average molecular weight is 258 g/mol. The highest BCUT2D eigenvalue weighted by molar-refractivity contribution is 6.03. The number of nitrogens with one attached hydrogen (secondary N) is 1. The van der Waals surface area contributed by atoms with Crippen molar-refractivity contribution in [3.05, 3.63) is 29.3 Å². The van der Waals surface area contributed by atoms with Crippen LogP contribution in [0.25, 0.3) is 0 Å². The molecule has 0 aromatic heterocycles. The van der Waals surface area contributed by atoms with E-state index in [0.29, 0.717) is 13.0 Å². The van der Waals surface area contributed by atoms with Crippen LogP contribution in [0.2, 0.25) is 0 Å². The zero-order valence-corrected chi connectivity index (χ0v) is 11.1. The molecule has 2 aliphatic rings. The third-order valence-electron chi connectivity index (χ3n) is 3.96. The number of nitrogens with zero attached hydrogens (tertiary/aromatic N) is 1. The van der Waals surface area contributed by atoms with Crippen LogP contribution in [0.1, 0.15) is 30.9 Å². The second kappa shape index (κ2) is 4.68. The minimum absolute atomic E-state index is 0.0431. The predicted molar refractivity (Wildman–Crippen MR) is 72.6 cm³/mol. The molecule has 4 heteroatoms. The summed E-state index contributed by atoms with van der Waals surface area (Å²) < 4.78 is 0. The van der Waals surface area contributed by atoms with Gasteiger partial charge in [-0.3, -0.25) is 14.5 Å². The van der Waals surface area contributed by atoms with Crippen molar-refractivity contribution in [1.82, 2.24) is 4.90 Å². The van der Waals surface area contributed by atoms with Crippen molar-refractivity contribution in [2.45, 2.75) is 32.7 Å². The predicted octanol–water partition coefficient (Wildman–Crippen LogP) is 1.94. The maximum absolute atomic E-state index is 12.0. The molecule has 1 fully saturated rings. The van der Waals surface area contributed by atoms with Crippen LogP contribution in [-0.2, 0) is 22.6 Å². The molecule has 1 saturated heterocycles. The number of rotatable bonds is 2. The number of anilines is 1. The maximum atomic E-state index is 12.0. The Morgan fingerprint density at radius 1 is 1.37 bits per heavy atom. The first-order valence-electron chi connectivity index (χ1n) is 6.85. The molecule has 0 spiro atoms. The molecule has 19 heavy (non-hydrogen) atoms. The van der Waals surface area contributed by atoms with Gasteiger partial charge in [0.15, 0.2) is 0 Å². The van der Waals surface area contributed by atoms with Crippen molar-refractivity contribution >= 4 is 17.5 Å². The van der Waals surface area contributed by atoms with Gasteiger partial charge in [0.2, 0.25) is 11.8 Å². The summed E-state index contributed by atoms with van der Waals surface area (Å²) in [5, 5.41) is 3.40. The second-order valence-corrected chi connectivity index (χ2v) is 5.40. The lowest BCUT2D eigenvalue weighted by Gasteiger charge is -2.23. The normalized spacial score (nSPS) is 22.4. The van der Waals surface area contributed by atoms with E-state index in [2.05, 4.69) is 11.4 Å². The Bertz CT molecular complexity index is 539.